The van der Waals surface area contributed by atoms with Crippen molar-refractivity contribution in [3.05, 3.63) is 40.1 Å². The summed E-state index contributed by atoms with van der Waals surface area (Å²) in [6, 6.07) is 2.93. The number of rotatable bonds is 4. The van der Waals surface area contributed by atoms with Crippen molar-refractivity contribution in [3.8, 4) is 0 Å². The number of benzene rings is 1. The predicted octanol–water partition coefficient (Wildman–Crippen LogP) is 2.74. The molecule has 0 bridgehead atoms. The first-order valence-corrected chi connectivity index (χ1v) is 4.45. The van der Waals surface area contributed by atoms with Crippen molar-refractivity contribution in [2.75, 3.05) is 0 Å². The molecule has 1 N–H and O–H groups in total. The molecule has 0 spiro atoms. The number of carboxylic acid groups (broad SMARTS) is 1. The minimum Gasteiger partial charge on any atom is -0.478 e. The molecule has 0 fully saturated rings. The molecule has 4 nitrogen and oxygen atoms in total. The molecule has 80 valence electrons. The van der Waals surface area contributed by atoms with Gasteiger partial charge in [-0.2, -0.15) is 4.91 Å². The van der Waals surface area contributed by atoms with Crippen LogP contribution < -0.4 is 0 Å². The Balaban J connectivity index is 3.17. The molecule has 0 aliphatic rings. The second-order valence-corrected chi connectivity index (χ2v) is 3.07. The Labute approximate surface area is 85.7 Å². The molecule has 1 aromatic rings. The highest BCUT2D eigenvalue weighted by Crippen LogP contribution is 2.22. The van der Waals surface area contributed by atoms with E-state index in [1.165, 1.54) is 6.07 Å². The van der Waals surface area contributed by atoms with Gasteiger partial charge in [-0.15, -0.1) is 0 Å². The first kappa shape index (κ1) is 11.3. The molecule has 15 heavy (non-hydrogen) atoms. The molecule has 0 aliphatic carbocycles. The second kappa shape index (κ2) is 4.63. The van der Waals surface area contributed by atoms with E-state index in [1.807, 2.05) is 0 Å². The van der Waals surface area contributed by atoms with E-state index in [0.29, 0.717) is 12.0 Å². The molecule has 5 heteroatoms. The van der Waals surface area contributed by atoms with Crippen molar-refractivity contribution in [1.82, 2.24) is 0 Å². The summed E-state index contributed by atoms with van der Waals surface area (Å²) in [4.78, 5) is 21.0. The van der Waals surface area contributed by atoms with Gasteiger partial charge < -0.3 is 5.11 Å². The van der Waals surface area contributed by atoms with Crippen LogP contribution in [0.5, 0.6) is 0 Å². The summed E-state index contributed by atoms with van der Waals surface area (Å²) in [6.45, 7) is 1.75. The van der Waals surface area contributed by atoms with Gasteiger partial charge in [-0.3, -0.25) is 0 Å². The second-order valence-electron chi connectivity index (χ2n) is 3.07. The number of aromatic carboxylic acids is 1. The van der Waals surface area contributed by atoms with E-state index in [2.05, 4.69) is 5.18 Å². The zero-order chi connectivity index (χ0) is 11.4. The third-order valence-electron chi connectivity index (χ3n) is 2.12. The smallest absolute Gasteiger partial charge is 0.338 e. The molecule has 0 amide bonds. The lowest BCUT2D eigenvalue weighted by Gasteiger charge is -2.07. The van der Waals surface area contributed by atoms with Crippen LogP contribution in [0.1, 0.15) is 35.3 Å². The number of nitrogens with zero attached hydrogens (tertiary/aromatic N) is 1. The van der Waals surface area contributed by atoms with Crippen LogP contribution in [-0.4, -0.2) is 11.1 Å². The molecule has 1 atom stereocenters. The van der Waals surface area contributed by atoms with Crippen molar-refractivity contribution in [2.24, 2.45) is 5.18 Å². The van der Waals surface area contributed by atoms with E-state index in [0.717, 1.165) is 12.1 Å². The average Bonchev–Trinajstić information content (AvgIpc) is 2.21. The average molecular weight is 211 g/mol. The van der Waals surface area contributed by atoms with Crippen molar-refractivity contribution in [2.45, 2.75) is 19.4 Å². The molecular weight excluding hydrogens is 201 g/mol. The molecule has 1 rings (SSSR count). The summed E-state index contributed by atoms with van der Waals surface area (Å²) in [5.41, 5.74) is -0.0131. The van der Waals surface area contributed by atoms with Crippen LogP contribution in [0.3, 0.4) is 0 Å². The van der Waals surface area contributed by atoms with E-state index in [9.17, 15) is 14.1 Å². The maximum absolute atomic E-state index is 13.0. The van der Waals surface area contributed by atoms with Gasteiger partial charge in [0, 0.05) is 0 Å². The molecule has 0 heterocycles. The van der Waals surface area contributed by atoms with Crippen molar-refractivity contribution >= 4 is 5.97 Å². The van der Waals surface area contributed by atoms with Gasteiger partial charge in [0.1, 0.15) is 11.9 Å². The first-order valence-electron chi connectivity index (χ1n) is 4.45. The number of nitroso groups, excluding NO2 is 1. The summed E-state index contributed by atoms with van der Waals surface area (Å²) in [7, 11) is 0. The third kappa shape index (κ3) is 2.37. The summed E-state index contributed by atoms with van der Waals surface area (Å²) >= 11 is 0. The fourth-order valence-corrected chi connectivity index (χ4v) is 1.29. The van der Waals surface area contributed by atoms with Gasteiger partial charge in [0.05, 0.1) is 5.56 Å². The Morgan fingerprint density at radius 1 is 1.60 bits per heavy atom. The van der Waals surface area contributed by atoms with Crippen LogP contribution in [0, 0.1) is 10.7 Å². The number of halogens is 1. The highest BCUT2D eigenvalue weighted by Gasteiger charge is 2.15. The highest BCUT2D eigenvalue weighted by molar-refractivity contribution is 5.88. The number of carboxylic acids is 1. The topological polar surface area (TPSA) is 66.7 Å². The van der Waals surface area contributed by atoms with E-state index in [1.54, 1.807) is 6.92 Å². The van der Waals surface area contributed by atoms with Crippen molar-refractivity contribution in [3.63, 3.8) is 0 Å². The van der Waals surface area contributed by atoms with E-state index in [-0.39, 0.29) is 0 Å². The Hall–Kier alpha value is -1.78. The van der Waals surface area contributed by atoms with Crippen molar-refractivity contribution in [1.29, 1.82) is 0 Å². The van der Waals surface area contributed by atoms with E-state index >= 15 is 0 Å². The van der Waals surface area contributed by atoms with E-state index < -0.39 is 23.4 Å². The normalized spacial score (nSPS) is 12.1. The van der Waals surface area contributed by atoms with Crippen LogP contribution in [0.2, 0.25) is 0 Å². The monoisotopic (exact) mass is 211 g/mol. The minimum absolute atomic E-state index is 0.423. The van der Waals surface area contributed by atoms with Gasteiger partial charge in [0.2, 0.25) is 0 Å². The summed E-state index contributed by atoms with van der Waals surface area (Å²) < 4.78 is 13.0. The SMILES string of the molecule is CCC(N=O)c1ccc(F)c(C(=O)O)c1. The quantitative estimate of drug-likeness (QED) is 0.778. The van der Waals surface area contributed by atoms with Gasteiger partial charge in [-0.1, -0.05) is 18.2 Å². The van der Waals surface area contributed by atoms with Crippen LogP contribution in [0.15, 0.2) is 23.4 Å². The minimum atomic E-state index is -1.35. The fourth-order valence-electron chi connectivity index (χ4n) is 1.29. The van der Waals surface area contributed by atoms with E-state index in [4.69, 9.17) is 5.11 Å². The highest BCUT2D eigenvalue weighted by atomic mass is 19.1. The Morgan fingerprint density at radius 3 is 2.73 bits per heavy atom. The Bertz CT molecular complexity index is 392. The maximum atomic E-state index is 13.0. The largest absolute Gasteiger partial charge is 0.478 e. The molecule has 0 saturated carbocycles. The van der Waals surface area contributed by atoms with Gasteiger partial charge >= 0.3 is 5.97 Å². The van der Waals surface area contributed by atoms with Gasteiger partial charge in [-0.25, -0.2) is 9.18 Å². The summed E-state index contributed by atoms with van der Waals surface area (Å²) in [6.07, 6.45) is 0.453. The third-order valence-corrected chi connectivity index (χ3v) is 2.12. The predicted molar refractivity (Wildman–Crippen MR) is 52.2 cm³/mol. The summed E-state index contributed by atoms with van der Waals surface area (Å²) in [5.74, 6) is -2.16. The fraction of sp³-hybridized carbons (Fsp3) is 0.300. The first-order chi connectivity index (χ1) is 7.10. The molecule has 0 aromatic heterocycles. The molecule has 1 aromatic carbocycles. The lowest BCUT2D eigenvalue weighted by atomic mass is 10.0. The lowest BCUT2D eigenvalue weighted by Crippen LogP contribution is -2.03. The molecular formula is C10H10FNO3. The zero-order valence-electron chi connectivity index (χ0n) is 8.11. The summed E-state index contributed by atoms with van der Waals surface area (Å²) in [5, 5.41) is 11.5. The van der Waals surface area contributed by atoms with Crippen LogP contribution >= 0.6 is 0 Å². The van der Waals surface area contributed by atoms with Gasteiger partial charge in [0.15, 0.2) is 0 Å². The Kier molecular flexibility index (Phi) is 3.49. The van der Waals surface area contributed by atoms with Gasteiger partial charge in [0.25, 0.3) is 0 Å². The molecule has 0 radical (unpaired) electrons. The lowest BCUT2D eigenvalue weighted by molar-refractivity contribution is 0.0691. The van der Waals surface area contributed by atoms with Crippen LogP contribution in [0.4, 0.5) is 4.39 Å². The molecule has 0 aliphatic heterocycles. The maximum Gasteiger partial charge on any atom is 0.338 e. The molecule has 1 unspecified atom stereocenters. The Morgan fingerprint density at radius 2 is 2.27 bits per heavy atom. The van der Waals surface area contributed by atoms with Crippen LogP contribution in [0.25, 0.3) is 0 Å². The molecule has 0 saturated heterocycles. The van der Waals surface area contributed by atoms with Crippen molar-refractivity contribution < 1.29 is 14.3 Å². The zero-order valence-corrected chi connectivity index (χ0v) is 8.11. The number of hydrogen-bond acceptors (Lipinski definition) is 3. The van der Waals surface area contributed by atoms with Gasteiger partial charge in [-0.05, 0) is 24.1 Å². The number of carbonyl (C=O) groups is 1. The van der Waals surface area contributed by atoms with Crippen LogP contribution in [-0.2, 0) is 0 Å². The number of hydrogen-bond donors (Lipinski definition) is 1. The standard InChI is InChI=1S/C10H10FNO3/c1-2-9(12-15)6-3-4-8(11)7(5-6)10(13)14/h3-5,9H,2H2,1H3,(H,13,14).